The molecule has 0 N–H and O–H groups in total. The average Bonchev–Trinajstić information content (AvgIpc) is 2.27. The van der Waals surface area contributed by atoms with Crippen LogP contribution in [0.5, 0.6) is 0 Å². The molecule has 0 aliphatic rings. The van der Waals surface area contributed by atoms with E-state index in [0.717, 1.165) is 13.3 Å². The zero-order chi connectivity index (χ0) is 13.9. The predicted octanol–water partition coefficient (Wildman–Crippen LogP) is 2.41. The normalized spacial score (nSPS) is 10.5. The standard InChI is InChI=1S/C9H7BrF2N2O4/c1-18-6(15)2-4-5(9(11)12)3-13-8(10)7(4)14(16)17/h3,9H,2H2,1H3. The lowest BCUT2D eigenvalue weighted by molar-refractivity contribution is -0.386. The van der Waals surface area contributed by atoms with Gasteiger partial charge in [-0.05, 0) is 15.9 Å². The molecule has 0 spiro atoms. The van der Waals surface area contributed by atoms with Gasteiger partial charge in [-0.2, -0.15) is 0 Å². The monoisotopic (exact) mass is 324 g/mol. The van der Waals surface area contributed by atoms with E-state index in [1.54, 1.807) is 0 Å². The number of esters is 1. The fraction of sp³-hybridized carbons (Fsp3) is 0.333. The SMILES string of the molecule is COC(=O)Cc1c(C(F)F)cnc(Br)c1[N+](=O)[O-]. The van der Waals surface area contributed by atoms with Crippen molar-refractivity contribution in [3.05, 3.63) is 32.0 Å². The van der Waals surface area contributed by atoms with Crippen molar-refractivity contribution in [3.63, 3.8) is 0 Å². The van der Waals surface area contributed by atoms with Crippen molar-refractivity contribution >= 4 is 27.6 Å². The summed E-state index contributed by atoms with van der Waals surface area (Å²) in [7, 11) is 1.06. The number of hydrogen-bond donors (Lipinski definition) is 0. The molecule has 18 heavy (non-hydrogen) atoms. The molecule has 0 atom stereocenters. The highest BCUT2D eigenvalue weighted by Crippen LogP contribution is 2.34. The van der Waals surface area contributed by atoms with Crippen molar-refractivity contribution < 1.29 is 23.2 Å². The number of pyridine rings is 1. The third-order valence-corrected chi connectivity index (χ3v) is 2.69. The minimum absolute atomic E-state index is 0.212. The summed E-state index contributed by atoms with van der Waals surface area (Å²) in [6, 6.07) is 0. The molecule has 1 rings (SSSR count). The zero-order valence-electron chi connectivity index (χ0n) is 9.02. The number of carbonyl (C=O) groups excluding carboxylic acids is 1. The van der Waals surface area contributed by atoms with Gasteiger partial charge < -0.3 is 4.74 Å². The van der Waals surface area contributed by atoms with Gasteiger partial charge in [-0.3, -0.25) is 14.9 Å². The molecule has 1 aromatic heterocycles. The number of rotatable bonds is 4. The van der Waals surface area contributed by atoms with E-state index in [4.69, 9.17) is 0 Å². The van der Waals surface area contributed by atoms with Gasteiger partial charge >= 0.3 is 11.7 Å². The Kier molecular flexibility index (Phi) is 4.65. The van der Waals surface area contributed by atoms with Gasteiger partial charge in [-0.25, -0.2) is 13.8 Å². The number of nitro groups is 1. The molecular formula is C9H7BrF2N2O4. The van der Waals surface area contributed by atoms with Gasteiger partial charge in [-0.1, -0.05) is 0 Å². The molecule has 0 fully saturated rings. The van der Waals surface area contributed by atoms with Crippen LogP contribution in [0.2, 0.25) is 0 Å². The van der Waals surface area contributed by atoms with E-state index in [-0.39, 0.29) is 4.60 Å². The van der Waals surface area contributed by atoms with Gasteiger partial charge in [-0.15, -0.1) is 0 Å². The van der Waals surface area contributed by atoms with Crippen LogP contribution in [0.1, 0.15) is 17.6 Å². The van der Waals surface area contributed by atoms with Gasteiger partial charge in [0.2, 0.25) is 0 Å². The van der Waals surface area contributed by atoms with Gasteiger partial charge in [0.1, 0.15) is 0 Å². The quantitative estimate of drug-likeness (QED) is 0.367. The molecule has 0 aliphatic carbocycles. The first kappa shape index (κ1) is 14.4. The van der Waals surface area contributed by atoms with E-state index in [2.05, 4.69) is 25.7 Å². The number of alkyl halides is 2. The highest BCUT2D eigenvalue weighted by atomic mass is 79.9. The summed E-state index contributed by atoms with van der Waals surface area (Å²) in [5, 5.41) is 10.8. The zero-order valence-corrected chi connectivity index (χ0v) is 10.6. The Morgan fingerprint density at radius 1 is 1.67 bits per heavy atom. The number of aromatic nitrogens is 1. The maximum atomic E-state index is 12.7. The van der Waals surface area contributed by atoms with Crippen LogP contribution in [0.3, 0.4) is 0 Å². The van der Waals surface area contributed by atoms with E-state index >= 15 is 0 Å². The third kappa shape index (κ3) is 2.97. The number of methoxy groups -OCH3 is 1. The highest BCUT2D eigenvalue weighted by Gasteiger charge is 2.28. The lowest BCUT2D eigenvalue weighted by atomic mass is 10.1. The molecule has 1 heterocycles. The number of carbonyl (C=O) groups is 1. The number of halogens is 3. The number of ether oxygens (including phenoxy) is 1. The highest BCUT2D eigenvalue weighted by molar-refractivity contribution is 9.10. The van der Waals surface area contributed by atoms with E-state index in [1.807, 2.05) is 0 Å². The number of hydrogen-bond acceptors (Lipinski definition) is 5. The van der Waals surface area contributed by atoms with Crippen LogP contribution in [-0.2, 0) is 16.0 Å². The fourth-order valence-electron chi connectivity index (χ4n) is 1.30. The first-order valence-corrected chi connectivity index (χ1v) is 5.34. The van der Waals surface area contributed by atoms with Crippen LogP contribution in [-0.4, -0.2) is 23.0 Å². The first-order valence-electron chi connectivity index (χ1n) is 4.55. The Balaban J connectivity index is 3.43. The fourth-order valence-corrected chi connectivity index (χ4v) is 1.79. The summed E-state index contributed by atoms with van der Waals surface area (Å²) >= 11 is 2.79. The molecule has 0 radical (unpaired) electrons. The van der Waals surface area contributed by atoms with Crippen molar-refractivity contribution in [2.75, 3.05) is 7.11 Å². The Morgan fingerprint density at radius 3 is 2.72 bits per heavy atom. The average molecular weight is 325 g/mol. The third-order valence-electron chi connectivity index (χ3n) is 2.11. The molecule has 1 aromatic rings. The van der Waals surface area contributed by atoms with Crippen LogP contribution in [0.15, 0.2) is 10.8 Å². The first-order chi connectivity index (χ1) is 8.38. The molecule has 0 aliphatic heterocycles. The summed E-state index contributed by atoms with van der Waals surface area (Å²) in [5.74, 6) is -0.849. The van der Waals surface area contributed by atoms with Crippen molar-refractivity contribution in [2.24, 2.45) is 0 Å². The molecule has 0 unspecified atom stereocenters. The minimum Gasteiger partial charge on any atom is -0.469 e. The van der Waals surface area contributed by atoms with Crippen molar-refractivity contribution in [2.45, 2.75) is 12.8 Å². The van der Waals surface area contributed by atoms with Crippen molar-refractivity contribution in [1.29, 1.82) is 0 Å². The second kappa shape index (κ2) is 5.80. The molecular weight excluding hydrogens is 318 g/mol. The second-order valence-corrected chi connectivity index (χ2v) is 3.89. The van der Waals surface area contributed by atoms with E-state index < -0.39 is 40.6 Å². The largest absolute Gasteiger partial charge is 0.469 e. The maximum Gasteiger partial charge on any atom is 0.310 e. The molecule has 0 bridgehead atoms. The Hall–Kier alpha value is -1.64. The topological polar surface area (TPSA) is 82.3 Å². The van der Waals surface area contributed by atoms with Crippen LogP contribution in [0.25, 0.3) is 0 Å². The van der Waals surface area contributed by atoms with E-state index in [9.17, 15) is 23.7 Å². The summed E-state index contributed by atoms with van der Waals surface area (Å²) in [6.45, 7) is 0. The van der Waals surface area contributed by atoms with E-state index in [0.29, 0.717) is 0 Å². The van der Waals surface area contributed by atoms with Gasteiger partial charge in [0, 0.05) is 11.8 Å². The molecule has 9 heteroatoms. The molecule has 0 saturated carbocycles. The number of nitrogens with zero attached hydrogens (tertiary/aromatic N) is 2. The summed E-state index contributed by atoms with van der Waals surface area (Å²) in [5.41, 5.74) is -1.71. The lowest BCUT2D eigenvalue weighted by Crippen LogP contribution is -2.11. The molecule has 0 saturated heterocycles. The van der Waals surface area contributed by atoms with Crippen molar-refractivity contribution in [3.8, 4) is 0 Å². The summed E-state index contributed by atoms with van der Waals surface area (Å²) in [4.78, 5) is 24.5. The van der Waals surface area contributed by atoms with Gasteiger partial charge in [0.05, 0.1) is 24.0 Å². The van der Waals surface area contributed by atoms with E-state index in [1.165, 1.54) is 0 Å². The maximum absolute atomic E-state index is 12.7. The Bertz CT molecular complexity index is 496. The smallest absolute Gasteiger partial charge is 0.310 e. The van der Waals surface area contributed by atoms with Gasteiger partial charge in [0.15, 0.2) is 4.60 Å². The lowest BCUT2D eigenvalue weighted by Gasteiger charge is -2.09. The molecule has 6 nitrogen and oxygen atoms in total. The van der Waals surface area contributed by atoms with Crippen LogP contribution < -0.4 is 0 Å². The van der Waals surface area contributed by atoms with Crippen LogP contribution in [0.4, 0.5) is 14.5 Å². The molecule has 98 valence electrons. The van der Waals surface area contributed by atoms with Gasteiger partial charge in [0.25, 0.3) is 6.43 Å². The summed E-state index contributed by atoms with van der Waals surface area (Å²) in [6.07, 6.45) is -2.79. The summed E-state index contributed by atoms with van der Waals surface area (Å²) < 4.78 is 29.6. The Labute approximate surface area is 108 Å². The molecule has 0 aromatic carbocycles. The second-order valence-electron chi connectivity index (χ2n) is 3.14. The van der Waals surface area contributed by atoms with Crippen molar-refractivity contribution in [1.82, 2.24) is 4.98 Å². The molecule has 0 amide bonds. The van der Waals surface area contributed by atoms with Crippen LogP contribution >= 0.6 is 15.9 Å². The predicted molar refractivity (Wildman–Crippen MR) is 59.3 cm³/mol. The Morgan fingerprint density at radius 2 is 2.28 bits per heavy atom. The van der Waals surface area contributed by atoms with Crippen LogP contribution in [0, 0.1) is 10.1 Å². The minimum atomic E-state index is -2.97.